The lowest BCUT2D eigenvalue weighted by molar-refractivity contribution is 0.443. The van der Waals surface area contributed by atoms with E-state index in [0.717, 1.165) is 43.0 Å². The van der Waals surface area contributed by atoms with Crippen molar-refractivity contribution in [2.45, 2.75) is 30.9 Å². The van der Waals surface area contributed by atoms with Crippen molar-refractivity contribution in [1.29, 1.82) is 0 Å². The summed E-state index contributed by atoms with van der Waals surface area (Å²) < 4.78 is 23.3. The largest absolute Gasteiger partial charge is 0.317 e. The molecule has 5 nitrogen and oxygen atoms in total. The first kappa shape index (κ1) is 12.0. The summed E-state index contributed by atoms with van der Waals surface area (Å²) in [6, 6.07) is 0. The van der Waals surface area contributed by atoms with Crippen LogP contribution in [-0.4, -0.2) is 37.2 Å². The van der Waals surface area contributed by atoms with Crippen LogP contribution in [0.5, 0.6) is 0 Å². The highest BCUT2D eigenvalue weighted by Crippen LogP contribution is 2.25. The molecule has 0 aliphatic carbocycles. The highest BCUT2D eigenvalue weighted by Gasteiger charge is 2.25. The van der Waals surface area contributed by atoms with Crippen LogP contribution in [0.15, 0.2) is 6.20 Å². The van der Waals surface area contributed by atoms with E-state index in [1.54, 1.807) is 0 Å². The number of aryl methyl sites for hydroxylation is 1. The lowest BCUT2D eigenvalue weighted by atomic mass is 9.97. The Hall–Kier alpha value is -1.01. The Morgan fingerprint density at radius 3 is 2.83 bits per heavy atom. The van der Waals surface area contributed by atoms with E-state index in [1.807, 2.05) is 6.20 Å². The molecular weight excluding hydrogens is 250 g/mol. The van der Waals surface area contributed by atoms with Crippen molar-refractivity contribution in [3.05, 3.63) is 23.3 Å². The van der Waals surface area contributed by atoms with Gasteiger partial charge in [-0.25, -0.2) is 18.4 Å². The molecule has 0 unspecified atom stereocenters. The first-order valence-electron chi connectivity index (χ1n) is 6.40. The second-order valence-electron chi connectivity index (χ2n) is 5.07. The normalized spacial score (nSPS) is 23.6. The average Bonchev–Trinajstić information content (AvgIpc) is 2.38. The number of nitrogens with zero attached hydrogens (tertiary/aromatic N) is 2. The molecule has 98 valence electrons. The van der Waals surface area contributed by atoms with Crippen LogP contribution in [0, 0.1) is 0 Å². The maximum Gasteiger partial charge on any atom is 0.156 e. The summed E-state index contributed by atoms with van der Waals surface area (Å²) in [5.41, 5.74) is 1.73. The number of fused-ring (bicyclic) bond motifs is 1. The molecule has 0 radical (unpaired) electrons. The zero-order valence-corrected chi connectivity index (χ0v) is 11.0. The maximum atomic E-state index is 11.6. The van der Waals surface area contributed by atoms with Gasteiger partial charge in [-0.3, -0.25) is 0 Å². The summed E-state index contributed by atoms with van der Waals surface area (Å²) in [4.78, 5) is 8.94. The zero-order chi connectivity index (χ0) is 12.6. The molecule has 2 aliphatic rings. The SMILES string of the molecule is O=S1(=O)CCc2cnc(C3CCNCC3)nc2C1. The fourth-order valence-corrected chi connectivity index (χ4v) is 3.96. The van der Waals surface area contributed by atoms with Gasteiger partial charge < -0.3 is 5.32 Å². The molecule has 2 aliphatic heterocycles. The van der Waals surface area contributed by atoms with Gasteiger partial charge in [0.1, 0.15) is 5.82 Å². The molecule has 0 aromatic carbocycles. The van der Waals surface area contributed by atoms with Gasteiger partial charge in [0.05, 0.1) is 17.2 Å². The molecule has 1 saturated heterocycles. The molecule has 6 heteroatoms. The predicted molar refractivity (Wildman–Crippen MR) is 68.1 cm³/mol. The van der Waals surface area contributed by atoms with Crippen LogP contribution >= 0.6 is 0 Å². The summed E-state index contributed by atoms with van der Waals surface area (Å²) in [6.45, 7) is 1.98. The minimum atomic E-state index is -2.95. The van der Waals surface area contributed by atoms with Gasteiger partial charge in [-0.05, 0) is 37.9 Å². The Balaban J connectivity index is 1.90. The lowest BCUT2D eigenvalue weighted by Gasteiger charge is -2.23. The second-order valence-corrected chi connectivity index (χ2v) is 7.25. The molecule has 3 rings (SSSR count). The monoisotopic (exact) mass is 267 g/mol. The van der Waals surface area contributed by atoms with Crippen molar-refractivity contribution in [3.8, 4) is 0 Å². The molecule has 1 fully saturated rings. The first-order chi connectivity index (χ1) is 8.64. The lowest BCUT2D eigenvalue weighted by Crippen LogP contribution is -2.28. The second kappa shape index (κ2) is 4.59. The number of hydrogen-bond acceptors (Lipinski definition) is 5. The summed E-state index contributed by atoms with van der Waals surface area (Å²) in [7, 11) is -2.95. The molecule has 0 atom stereocenters. The van der Waals surface area contributed by atoms with Crippen LogP contribution in [0.1, 0.15) is 35.8 Å². The first-order valence-corrected chi connectivity index (χ1v) is 8.22. The van der Waals surface area contributed by atoms with Gasteiger partial charge in [0, 0.05) is 12.1 Å². The number of aromatic nitrogens is 2. The third-order valence-electron chi connectivity index (χ3n) is 3.72. The molecule has 0 amide bonds. The van der Waals surface area contributed by atoms with Crippen molar-refractivity contribution in [1.82, 2.24) is 15.3 Å². The van der Waals surface area contributed by atoms with Crippen LogP contribution in [0.4, 0.5) is 0 Å². The predicted octanol–water partition coefficient (Wildman–Crippen LogP) is 0.414. The quantitative estimate of drug-likeness (QED) is 0.798. The van der Waals surface area contributed by atoms with E-state index in [-0.39, 0.29) is 11.5 Å². The van der Waals surface area contributed by atoms with Crippen LogP contribution in [0.2, 0.25) is 0 Å². The van der Waals surface area contributed by atoms with Crippen molar-refractivity contribution < 1.29 is 8.42 Å². The molecule has 0 saturated carbocycles. The Morgan fingerprint density at radius 2 is 2.06 bits per heavy atom. The van der Waals surface area contributed by atoms with Crippen molar-refractivity contribution in [2.75, 3.05) is 18.8 Å². The Labute approximate surface area is 107 Å². The third kappa shape index (κ3) is 2.40. The molecule has 18 heavy (non-hydrogen) atoms. The topological polar surface area (TPSA) is 72.0 Å². The van der Waals surface area contributed by atoms with E-state index in [2.05, 4.69) is 15.3 Å². The summed E-state index contributed by atoms with van der Waals surface area (Å²) >= 11 is 0. The summed E-state index contributed by atoms with van der Waals surface area (Å²) in [5.74, 6) is 1.52. The molecule has 0 bridgehead atoms. The maximum absolute atomic E-state index is 11.6. The fraction of sp³-hybridized carbons (Fsp3) is 0.667. The Kier molecular flexibility index (Phi) is 3.07. The van der Waals surface area contributed by atoms with E-state index < -0.39 is 9.84 Å². The Bertz CT molecular complexity index is 550. The van der Waals surface area contributed by atoms with E-state index in [1.165, 1.54) is 0 Å². The molecule has 1 aromatic rings. The third-order valence-corrected chi connectivity index (χ3v) is 5.26. The van der Waals surface area contributed by atoms with Crippen LogP contribution < -0.4 is 5.32 Å². The number of hydrogen-bond donors (Lipinski definition) is 1. The van der Waals surface area contributed by atoms with Gasteiger partial charge in [0.25, 0.3) is 0 Å². The number of sulfone groups is 1. The van der Waals surface area contributed by atoms with Gasteiger partial charge in [-0.15, -0.1) is 0 Å². The number of piperidine rings is 1. The number of rotatable bonds is 1. The van der Waals surface area contributed by atoms with E-state index >= 15 is 0 Å². The summed E-state index contributed by atoms with van der Waals surface area (Å²) in [5, 5.41) is 3.31. The van der Waals surface area contributed by atoms with Gasteiger partial charge >= 0.3 is 0 Å². The van der Waals surface area contributed by atoms with Gasteiger partial charge in [0.2, 0.25) is 0 Å². The Morgan fingerprint density at radius 1 is 1.28 bits per heavy atom. The van der Waals surface area contributed by atoms with Gasteiger partial charge in [0.15, 0.2) is 9.84 Å². The molecule has 1 N–H and O–H groups in total. The van der Waals surface area contributed by atoms with Gasteiger partial charge in [-0.1, -0.05) is 0 Å². The van der Waals surface area contributed by atoms with Crippen LogP contribution in [0.25, 0.3) is 0 Å². The zero-order valence-electron chi connectivity index (χ0n) is 10.2. The highest BCUT2D eigenvalue weighted by atomic mass is 32.2. The van der Waals surface area contributed by atoms with Crippen LogP contribution in [-0.2, 0) is 22.0 Å². The fourth-order valence-electron chi connectivity index (χ4n) is 2.61. The van der Waals surface area contributed by atoms with Crippen LogP contribution in [0.3, 0.4) is 0 Å². The summed E-state index contributed by atoms with van der Waals surface area (Å²) in [6.07, 6.45) is 4.45. The van der Waals surface area contributed by atoms with Crippen molar-refractivity contribution >= 4 is 9.84 Å². The van der Waals surface area contributed by atoms with Crippen molar-refractivity contribution in [2.24, 2.45) is 0 Å². The minimum absolute atomic E-state index is 0.0861. The minimum Gasteiger partial charge on any atom is -0.317 e. The smallest absolute Gasteiger partial charge is 0.156 e. The molecular formula is C12H17N3O2S. The van der Waals surface area contributed by atoms with E-state index in [0.29, 0.717) is 12.3 Å². The standard InChI is InChI=1S/C12H17N3O2S/c16-18(17)6-3-10-7-14-12(15-11(10)8-18)9-1-4-13-5-2-9/h7,9,13H,1-6,8H2. The molecule has 0 spiro atoms. The van der Waals surface area contributed by atoms with E-state index in [4.69, 9.17) is 0 Å². The number of nitrogens with one attached hydrogen (secondary N) is 1. The molecule has 3 heterocycles. The van der Waals surface area contributed by atoms with Gasteiger partial charge in [-0.2, -0.15) is 0 Å². The average molecular weight is 267 g/mol. The van der Waals surface area contributed by atoms with E-state index in [9.17, 15) is 8.42 Å². The highest BCUT2D eigenvalue weighted by molar-refractivity contribution is 7.90. The molecule has 1 aromatic heterocycles. The van der Waals surface area contributed by atoms with Crippen molar-refractivity contribution in [3.63, 3.8) is 0 Å².